The fourth-order valence-electron chi connectivity index (χ4n) is 4.09. The van der Waals surface area contributed by atoms with Crippen molar-refractivity contribution in [2.45, 2.75) is 5.51 Å². The van der Waals surface area contributed by atoms with Crippen LogP contribution in [0.5, 0.6) is 0 Å². The van der Waals surface area contributed by atoms with E-state index in [0.717, 1.165) is 43.8 Å². The first-order valence-corrected chi connectivity index (χ1v) is 12.0. The first-order valence-electron chi connectivity index (χ1n) is 10.6. The minimum absolute atomic E-state index is 0.216. The molecule has 0 aliphatic rings. The third kappa shape index (κ3) is 4.59. The van der Waals surface area contributed by atoms with Gasteiger partial charge in [-0.1, -0.05) is 30.3 Å². The van der Waals surface area contributed by atoms with Crippen LogP contribution in [0.1, 0.15) is 5.56 Å². The van der Waals surface area contributed by atoms with Crippen molar-refractivity contribution in [1.29, 1.82) is 0 Å². The summed E-state index contributed by atoms with van der Waals surface area (Å²) in [5, 5.41) is 3.20. The summed E-state index contributed by atoms with van der Waals surface area (Å²) in [4.78, 5) is 2.09. The Kier molecular flexibility index (Phi) is 6.40. The molecule has 0 unspecified atom stereocenters. The lowest BCUT2D eigenvalue weighted by molar-refractivity contribution is -0.711. The Morgan fingerprint density at radius 2 is 1.58 bits per heavy atom. The standard InChI is InChI=1S/C24H21FN3.CHF3O3S/c1-26(2)18-11-8-16(9-12-18)14-20-19-6-4-5-7-23(19)28-24(20)21-15-17(25)10-13-22(21)27(28)3;2-1(3,4)8(5,6)7/h4-15H,1-3H3;(H,5,6,7)/q+1;/p-1. The molecule has 0 spiro atoms. The van der Waals surface area contributed by atoms with Crippen molar-refractivity contribution in [3.05, 3.63) is 83.3 Å². The van der Waals surface area contributed by atoms with Gasteiger partial charge in [-0.2, -0.15) is 13.2 Å². The van der Waals surface area contributed by atoms with Gasteiger partial charge in [-0.15, -0.1) is 9.20 Å². The van der Waals surface area contributed by atoms with E-state index in [4.69, 9.17) is 13.0 Å². The van der Waals surface area contributed by atoms with Crippen molar-refractivity contribution in [1.82, 2.24) is 4.52 Å². The molecule has 0 bridgehead atoms. The Morgan fingerprint density at radius 3 is 2.17 bits per heavy atom. The molecular weight excluding hydrogens is 498 g/mol. The van der Waals surface area contributed by atoms with Crippen LogP contribution in [0.3, 0.4) is 0 Å². The van der Waals surface area contributed by atoms with Crippen molar-refractivity contribution >= 4 is 49.2 Å². The van der Waals surface area contributed by atoms with Gasteiger partial charge in [-0.05, 0) is 42.0 Å². The number of para-hydroxylation sites is 1. The van der Waals surface area contributed by atoms with Crippen molar-refractivity contribution in [3.8, 4) is 0 Å². The molecule has 11 heteroatoms. The molecule has 5 rings (SSSR count). The number of alkyl halides is 3. The lowest BCUT2D eigenvalue weighted by Crippen LogP contribution is -2.34. The number of rotatable bonds is 2. The Morgan fingerprint density at radius 1 is 0.972 bits per heavy atom. The van der Waals surface area contributed by atoms with Crippen molar-refractivity contribution in [2.24, 2.45) is 7.05 Å². The lowest BCUT2D eigenvalue weighted by Gasteiger charge is -2.11. The zero-order valence-corrected chi connectivity index (χ0v) is 20.2. The molecule has 0 aliphatic carbocycles. The molecule has 0 atom stereocenters. The summed E-state index contributed by atoms with van der Waals surface area (Å²) in [5.74, 6) is -0.216. The van der Waals surface area contributed by atoms with E-state index in [1.807, 2.05) is 33.3 Å². The highest BCUT2D eigenvalue weighted by molar-refractivity contribution is 7.86. The van der Waals surface area contributed by atoms with Gasteiger partial charge < -0.3 is 9.45 Å². The highest BCUT2D eigenvalue weighted by Crippen LogP contribution is 2.23. The van der Waals surface area contributed by atoms with E-state index in [1.165, 1.54) is 6.07 Å². The molecule has 6 nitrogen and oxygen atoms in total. The number of fused-ring (bicyclic) bond motifs is 5. The average molecular weight is 520 g/mol. The fourth-order valence-corrected chi connectivity index (χ4v) is 4.09. The second-order valence-corrected chi connectivity index (χ2v) is 9.68. The Balaban J connectivity index is 0.000000331. The highest BCUT2D eigenvalue weighted by atomic mass is 32.2. The molecule has 2 heterocycles. The largest absolute Gasteiger partial charge is 0.741 e. The third-order valence-corrected chi connectivity index (χ3v) is 6.32. The molecular formula is C25H21F4N3O3S. The Labute approximate surface area is 204 Å². The number of hydrogen-bond donors (Lipinski definition) is 0. The average Bonchev–Trinajstić information content (AvgIpc) is 3.26. The fraction of sp³-hybridized carbons (Fsp3) is 0.160. The normalized spacial score (nSPS) is 12.8. The summed E-state index contributed by atoms with van der Waals surface area (Å²) in [6.07, 6.45) is 2.20. The summed E-state index contributed by atoms with van der Waals surface area (Å²) < 4.78 is 77.3. The minimum atomic E-state index is -6.09. The van der Waals surface area contributed by atoms with Gasteiger partial charge >= 0.3 is 5.51 Å². The van der Waals surface area contributed by atoms with Crippen LogP contribution in [0.4, 0.5) is 23.2 Å². The van der Waals surface area contributed by atoms with E-state index in [-0.39, 0.29) is 5.82 Å². The molecule has 0 saturated carbocycles. The molecule has 0 saturated heterocycles. The summed E-state index contributed by atoms with van der Waals surface area (Å²) >= 11 is 0. The van der Waals surface area contributed by atoms with Gasteiger partial charge in [0.05, 0.1) is 5.39 Å². The topological polar surface area (TPSA) is 68.7 Å². The first-order chi connectivity index (χ1) is 16.8. The van der Waals surface area contributed by atoms with E-state index in [2.05, 4.69) is 62.6 Å². The van der Waals surface area contributed by atoms with E-state index < -0.39 is 15.6 Å². The maximum absolute atomic E-state index is 14.1. The van der Waals surface area contributed by atoms with E-state index in [1.54, 1.807) is 6.07 Å². The third-order valence-electron chi connectivity index (χ3n) is 5.76. The number of nitrogens with zero attached hydrogens (tertiary/aromatic N) is 3. The molecule has 188 valence electrons. The van der Waals surface area contributed by atoms with Gasteiger partial charge in [0, 0.05) is 36.5 Å². The number of halogens is 4. The first kappa shape index (κ1) is 25.4. The van der Waals surface area contributed by atoms with Crippen LogP contribution < -0.4 is 14.8 Å². The SMILES string of the molecule is CN(C)c1ccc(/C=c2/c3ccccc3n3c2c2cc(F)ccc2[n+]3C)cc1.O=S(=O)([O-])C(F)(F)F. The highest BCUT2D eigenvalue weighted by Gasteiger charge is 2.36. The summed E-state index contributed by atoms with van der Waals surface area (Å²) in [7, 11) is 0.00481. The molecule has 0 N–H and O–H groups in total. The number of anilines is 1. The van der Waals surface area contributed by atoms with Crippen LogP contribution in [-0.4, -0.2) is 37.1 Å². The predicted octanol–water partition coefficient (Wildman–Crippen LogP) is 3.87. The summed E-state index contributed by atoms with van der Waals surface area (Å²) in [5.41, 5.74) is -0.191. The summed E-state index contributed by atoms with van der Waals surface area (Å²) in [6.45, 7) is 0. The Bertz CT molecular complexity index is 1740. The molecule has 2 aromatic heterocycles. The molecule has 0 fully saturated rings. The van der Waals surface area contributed by atoms with Crippen molar-refractivity contribution in [3.63, 3.8) is 0 Å². The van der Waals surface area contributed by atoms with Gasteiger partial charge in [0.1, 0.15) is 16.9 Å². The monoisotopic (exact) mass is 519 g/mol. The van der Waals surface area contributed by atoms with Crippen LogP contribution in [0.15, 0.2) is 66.7 Å². The molecule has 3 aromatic carbocycles. The van der Waals surface area contributed by atoms with Gasteiger partial charge in [-0.25, -0.2) is 12.8 Å². The predicted molar refractivity (Wildman–Crippen MR) is 129 cm³/mol. The molecule has 0 radical (unpaired) electrons. The van der Waals surface area contributed by atoms with Crippen molar-refractivity contribution in [2.75, 3.05) is 19.0 Å². The van der Waals surface area contributed by atoms with Crippen LogP contribution in [0, 0.1) is 5.82 Å². The van der Waals surface area contributed by atoms with Crippen LogP contribution >= 0.6 is 0 Å². The van der Waals surface area contributed by atoms with Gasteiger partial charge in [0.15, 0.2) is 17.2 Å². The number of aryl methyl sites for hydroxylation is 1. The maximum Gasteiger partial charge on any atom is 0.485 e. The maximum atomic E-state index is 14.1. The van der Waals surface area contributed by atoms with Crippen LogP contribution in [0.2, 0.25) is 0 Å². The molecule has 0 aliphatic heterocycles. The van der Waals surface area contributed by atoms with Crippen molar-refractivity contribution < 1.29 is 35.2 Å². The smallest absolute Gasteiger partial charge is 0.485 e. The zero-order chi connectivity index (χ0) is 26.4. The summed E-state index contributed by atoms with van der Waals surface area (Å²) in [6, 6.07) is 21.8. The minimum Gasteiger partial charge on any atom is -0.741 e. The quantitative estimate of drug-likeness (QED) is 0.154. The van der Waals surface area contributed by atoms with Gasteiger partial charge in [0.2, 0.25) is 5.52 Å². The van der Waals surface area contributed by atoms with E-state index in [0.29, 0.717) is 0 Å². The number of hydrogen-bond acceptors (Lipinski definition) is 4. The van der Waals surface area contributed by atoms with Crippen LogP contribution in [-0.2, 0) is 17.2 Å². The second-order valence-electron chi connectivity index (χ2n) is 8.31. The number of benzene rings is 3. The van der Waals surface area contributed by atoms with E-state index >= 15 is 0 Å². The lowest BCUT2D eigenvalue weighted by atomic mass is 10.1. The molecule has 0 amide bonds. The van der Waals surface area contributed by atoms with Gasteiger partial charge in [0.25, 0.3) is 0 Å². The Hall–Kier alpha value is -3.70. The van der Waals surface area contributed by atoms with E-state index in [9.17, 15) is 17.6 Å². The zero-order valence-electron chi connectivity index (χ0n) is 19.4. The molecule has 5 aromatic rings. The number of aromatic nitrogens is 2. The molecule has 36 heavy (non-hydrogen) atoms. The van der Waals surface area contributed by atoms with Gasteiger partial charge in [-0.3, -0.25) is 0 Å². The van der Waals surface area contributed by atoms with Crippen LogP contribution in [0.25, 0.3) is 33.4 Å². The second kappa shape index (κ2) is 9.07.